The van der Waals surface area contributed by atoms with Crippen LogP contribution < -0.4 is 9.62 Å². The number of nitrogens with zero attached hydrogens (tertiary/aromatic N) is 2. The molecule has 1 aliphatic rings. The Hall–Kier alpha value is -3.86. The number of anilines is 1. The number of alkyl halides is 3. The molecule has 0 aliphatic heterocycles. The first-order chi connectivity index (χ1) is 21.8. The zero-order chi connectivity index (χ0) is 33.3. The molecule has 1 fully saturated rings. The third-order valence-electron chi connectivity index (χ3n) is 8.44. The lowest BCUT2D eigenvalue weighted by atomic mass is 9.94. The normalized spacial score (nSPS) is 14.8. The molecule has 1 aliphatic carbocycles. The molecule has 0 radical (unpaired) electrons. The molecule has 3 aromatic rings. The van der Waals surface area contributed by atoms with Crippen LogP contribution >= 0.6 is 0 Å². The van der Waals surface area contributed by atoms with Crippen molar-refractivity contribution in [3.63, 3.8) is 0 Å². The number of amides is 2. The second-order valence-electron chi connectivity index (χ2n) is 12.0. The average Bonchev–Trinajstić information content (AvgIpc) is 3.01. The van der Waals surface area contributed by atoms with Crippen LogP contribution in [0.4, 0.5) is 18.9 Å². The van der Waals surface area contributed by atoms with Crippen molar-refractivity contribution < 1.29 is 31.2 Å². The minimum atomic E-state index is -4.64. The summed E-state index contributed by atoms with van der Waals surface area (Å²) in [5, 5.41) is 3.20. The summed E-state index contributed by atoms with van der Waals surface area (Å²) in [5.41, 5.74) is 1.63. The van der Waals surface area contributed by atoms with E-state index in [-0.39, 0.29) is 55.9 Å². The Morgan fingerprint density at radius 2 is 1.61 bits per heavy atom. The smallest absolute Gasteiger partial charge is 0.352 e. The van der Waals surface area contributed by atoms with Gasteiger partial charge in [0.2, 0.25) is 21.8 Å². The molecule has 2 amide bonds. The maximum Gasteiger partial charge on any atom is 0.416 e. The molecular weight excluding hydrogens is 615 g/mol. The van der Waals surface area contributed by atoms with Gasteiger partial charge in [0.1, 0.15) is 6.04 Å². The molecule has 7 nitrogen and oxygen atoms in total. The molecule has 0 bridgehead atoms. The van der Waals surface area contributed by atoms with Crippen molar-refractivity contribution in [3.05, 3.63) is 101 Å². The van der Waals surface area contributed by atoms with E-state index in [0.717, 1.165) is 77.6 Å². The van der Waals surface area contributed by atoms with Crippen LogP contribution in [0.5, 0.6) is 0 Å². The lowest BCUT2D eigenvalue weighted by molar-refractivity contribution is -0.141. The van der Waals surface area contributed by atoms with Gasteiger partial charge in [-0.25, -0.2) is 8.42 Å². The summed E-state index contributed by atoms with van der Waals surface area (Å²) in [4.78, 5) is 29.6. The van der Waals surface area contributed by atoms with E-state index in [4.69, 9.17) is 0 Å². The minimum Gasteiger partial charge on any atom is -0.352 e. The molecular formula is C35H42F3N3O4S. The number of carbonyl (C=O) groups excluding carboxylic acids is 2. The zero-order valence-corrected chi connectivity index (χ0v) is 27.1. The Kier molecular flexibility index (Phi) is 11.9. The molecule has 0 unspecified atom stereocenters. The Morgan fingerprint density at radius 3 is 2.26 bits per heavy atom. The van der Waals surface area contributed by atoms with Crippen LogP contribution in [-0.4, -0.2) is 50.0 Å². The topological polar surface area (TPSA) is 86.8 Å². The summed E-state index contributed by atoms with van der Waals surface area (Å²) < 4.78 is 66.4. The van der Waals surface area contributed by atoms with E-state index >= 15 is 0 Å². The molecule has 1 saturated carbocycles. The van der Waals surface area contributed by atoms with Crippen molar-refractivity contribution in [1.29, 1.82) is 0 Å². The Bertz CT molecular complexity index is 1580. The summed E-state index contributed by atoms with van der Waals surface area (Å²) in [6.07, 6.45) is 1.44. The third kappa shape index (κ3) is 9.82. The van der Waals surface area contributed by atoms with E-state index in [9.17, 15) is 31.2 Å². The first-order valence-electron chi connectivity index (χ1n) is 15.7. The van der Waals surface area contributed by atoms with Crippen LogP contribution in [0.3, 0.4) is 0 Å². The number of halogens is 3. The SMILES string of the molecule is Cc1ccccc1CN(C(=O)CCCN(c1cccc(C(F)(F)F)c1)S(C)(=O)=O)[C@H](Cc1ccccc1)C(=O)NC1CCCCC1. The average molecular weight is 658 g/mol. The summed E-state index contributed by atoms with van der Waals surface area (Å²) >= 11 is 0. The number of benzene rings is 3. The summed E-state index contributed by atoms with van der Waals surface area (Å²) in [7, 11) is -3.96. The molecule has 3 aromatic carbocycles. The van der Waals surface area contributed by atoms with E-state index < -0.39 is 27.8 Å². The van der Waals surface area contributed by atoms with Gasteiger partial charge < -0.3 is 10.2 Å². The highest BCUT2D eigenvalue weighted by molar-refractivity contribution is 7.92. The van der Waals surface area contributed by atoms with Gasteiger partial charge in [-0.1, -0.05) is 79.9 Å². The van der Waals surface area contributed by atoms with Crippen molar-refractivity contribution in [1.82, 2.24) is 10.2 Å². The lowest BCUT2D eigenvalue weighted by Crippen LogP contribution is -2.53. The maximum atomic E-state index is 14.1. The molecule has 0 aromatic heterocycles. The van der Waals surface area contributed by atoms with E-state index in [1.54, 1.807) is 4.90 Å². The number of rotatable bonds is 13. The standard InChI is InChI=1S/C35H42F3N3O4S/c1-26-13-9-10-16-28(26)25-40(32(23-27-14-5-3-6-15-27)34(43)39-30-18-7-4-8-19-30)33(42)21-12-22-41(46(2,44)45)31-20-11-17-29(24-31)35(36,37)38/h3,5-6,9-11,13-17,20,24,30,32H,4,7-8,12,18-19,21-23,25H2,1-2H3,(H,39,43)/t32-/m1/s1. The maximum absolute atomic E-state index is 14.1. The highest BCUT2D eigenvalue weighted by Crippen LogP contribution is 2.32. The molecule has 11 heteroatoms. The van der Waals surface area contributed by atoms with Crippen molar-refractivity contribution >= 4 is 27.5 Å². The fourth-order valence-electron chi connectivity index (χ4n) is 5.91. The number of nitrogens with one attached hydrogen (secondary N) is 1. The van der Waals surface area contributed by atoms with Gasteiger partial charge in [-0.3, -0.25) is 13.9 Å². The molecule has 4 rings (SSSR count). The fourth-order valence-corrected chi connectivity index (χ4v) is 6.87. The van der Waals surface area contributed by atoms with Gasteiger partial charge in [-0.05, 0) is 61.1 Å². The highest BCUT2D eigenvalue weighted by Gasteiger charge is 2.33. The number of hydrogen-bond acceptors (Lipinski definition) is 4. The lowest BCUT2D eigenvalue weighted by Gasteiger charge is -2.34. The van der Waals surface area contributed by atoms with E-state index in [2.05, 4.69) is 5.32 Å². The monoisotopic (exact) mass is 657 g/mol. The molecule has 0 saturated heterocycles. The molecule has 1 atom stereocenters. The van der Waals surface area contributed by atoms with Crippen LogP contribution in [0.25, 0.3) is 0 Å². The predicted molar refractivity (Wildman–Crippen MR) is 174 cm³/mol. The van der Waals surface area contributed by atoms with Crippen molar-refractivity contribution in [2.24, 2.45) is 0 Å². The van der Waals surface area contributed by atoms with Crippen molar-refractivity contribution in [2.75, 3.05) is 17.1 Å². The van der Waals surface area contributed by atoms with Gasteiger partial charge in [0.05, 0.1) is 17.5 Å². The summed E-state index contributed by atoms with van der Waals surface area (Å²) in [6, 6.07) is 20.4. The van der Waals surface area contributed by atoms with Crippen molar-refractivity contribution in [2.45, 2.75) is 83.1 Å². The number of sulfonamides is 1. The number of aryl methyl sites for hydroxylation is 1. The minimum absolute atomic E-state index is 0.0331. The van der Waals surface area contributed by atoms with Crippen LogP contribution in [0.1, 0.15) is 67.2 Å². The van der Waals surface area contributed by atoms with Gasteiger partial charge in [0, 0.05) is 32.0 Å². The summed E-state index contributed by atoms with van der Waals surface area (Å²) in [6.45, 7) is 1.90. The predicted octanol–water partition coefficient (Wildman–Crippen LogP) is 6.65. The van der Waals surface area contributed by atoms with Crippen LogP contribution in [-0.2, 0) is 38.8 Å². The number of hydrogen-bond donors (Lipinski definition) is 1. The Balaban J connectivity index is 1.60. The van der Waals surface area contributed by atoms with E-state index in [0.29, 0.717) is 0 Å². The largest absolute Gasteiger partial charge is 0.416 e. The van der Waals surface area contributed by atoms with Gasteiger partial charge in [0.15, 0.2) is 0 Å². The zero-order valence-electron chi connectivity index (χ0n) is 26.3. The van der Waals surface area contributed by atoms with E-state index in [1.807, 2.05) is 61.5 Å². The first kappa shape index (κ1) is 35.0. The van der Waals surface area contributed by atoms with Gasteiger partial charge in [-0.2, -0.15) is 13.2 Å². The first-order valence-corrected chi connectivity index (χ1v) is 17.5. The van der Waals surface area contributed by atoms with Gasteiger partial charge in [-0.15, -0.1) is 0 Å². The second kappa shape index (κ2) is 15.6. The van der Waals surface area contributed by atoms with Crippen LogP contribution in [0, 0.1) is 6.92 Å². The second-order valence-corrected chi connectivity index (χ2v) is 13.9. The molecule has 1 N–H and O–H groups in total. The third-order valence-corrected chi connectivity index (χ3v) is 9.63. The highest BCUT2D eigenvalue weighted by atomic mass is 32.2. The van der Waals surface area contributed by atoms with Crippen LogP contribution in [0.15, 0.2) is 78.9 Å². The van der Waals surface area contributed by atoms with E-state index in [1.165, 1.54) is 6.07 Å². The molecule has 0 heterocycles. The van der Waals surface area contributed by atoms with Gasteiger partial charge in [0.25, 0.3) is 0 Å². The molecule has 46 heavy (non-hydrogen) atoms. The Labute approximate surface area is 269 Å². The quantitative estimate of drug-likeness (QED) is 0.223. The molecule has 0 spiro atoms. The molecule has 248 valence electrons. The number of carbonyl (C=O) groups is 2. The Morgan fingerprint density at radius 1 is 0.935 bits per heavy atom. The van der Waals surface area contributed by atoms with Crippen LogP contribution in [0.2, 0.25) is 0 Å². The summed E-state index contributed by atoms with van der Waals surface area (Å²) in [5.74, 6) is -0.583. The van der Waals surface area contributed by atoms with Crippen molar-refractivity contribution in [3.8, 4) is 0 Å². The van der Waals surface area contributed by atoms with Gasteiger partial charge >= 0.3 is 6.18 Å². The fraction of sp³-hybridized carbons (Fsp3) is 0.429.